The fourth-order valence-electron chi connectivity index (χ4n) is 3.92. The number of amides is 1. The lowest BCUT2D eigenvalue weighted by Gasteiger charge is -2.11. The SMILES string of the molecule is Cn1nc2c(c1C(=O)NCc1nnc(-c3nccc4ccccc34)o1)CCCC2. The lowest BCUT2D eigenvalue weighted by atomic mass is 9.95. The molecule has 1 amide bonds. The molecule has 146 valence electrons. The maximum atomic E-state index is 12.7. The van der Waals surface area contributed by atoms with E-state index in [1.54, 1.807) is 10.9 Å². The van der Waals surface area contributed by atoms with E-state index in [1.165, 1.54) is 0 Å². The second-order valence-corrected chi connectivity index (χ2v) is 7.17. The van der Waals surface area contributed by atoms with Crippen molar-refractivity contribution < 1.29 is 9.21 Å². The molecule has 0 aliphatic heterocycles. The highest BCUT2D eigenvalue weighted by molar-refractivity contribution is 5.94. The summed E-state index contributed by atoms with van der Waals surface area (Å²) in [7, 11) is 1.81. The molecule has 0 bridgehead atoms. The van der Waals surface area contributed by atoms with Gasteiger partial charge in [0, 0.05) is 24.2 Å². The molecule has 0 spiro atoms. The first-order valence-corrected chi connectivity index (χ1v) is 9.70. The molecule has 8 heteroatoms. The van der Waals surface area contributed by atoms with E-state index >= 15 is 0 Å². The van der Waals surface area contributed by atoms with Crippen LogP contribution in [-0.2, 0) is 26.4 Å². The molecular formula is C21H20N6O2. The number of nitrogens with zero attached hydrogens (tertiary/aromatic N) is 5. The van der Waals surface area contributed by atoms with Gasteiger partial charge < -0.3 is 9.73 Å². The fourth-order valence-corrected chi connectivity index (χ4v) is 3.92. The monoisotopic (exact) mass is 388 g/mol. The normalized spacial score (nSPS) is 13.4. The number of carbonyl (C=O) groups is 1. The van der Waals surface area contributed by atoms with Crippen LogP contribution >= 0.6 is 0 Å². The third-order valence-electron chi connectivity index (χ3n) is 5.28. The number of carbonyl (C=O) groups excluding carboxylic acids is 1. The third kappa shape index (κ3) is 3.16. The Hall–Kier alpha value is -3.55. The maximum Gasteiger partial charge on any atom is 0.270 e. The molecule has 29 heavy (non-hydrogen) atoms. The summed E-state index contributed by atoms with van der Waals surface area (Å²) in [4.78, 5) is 17.1. The maximum absolute atomic E-state index is 12.7. The van der Waals surface area contributed by atoms with Gasteiger partial charge in [-0.05, 0) is 37.1 Å². The zero-order valence-corrected chi connectivity index (χ0v) is 16.1. The number of nitrogens with one attached hydrogen (secondary N) is 1. The van der Waals surface area contributed by atoms with E-state index in [0.29, 0.717) is 23.2 Å². The van der Waals surface area contributed by atoms with Crippen LogP contribution in [0.4, 0.5) is 0 Å². The quantitative estimate of drug-likeness (QED) is 0.577. The molecule has 1 N–H and O–H groups in total. The number of aryl methyl sites for hydroxylation is 2. The number of benzene rings is 1. The van der Waals surface area contributed by atoms with E-state index in [4.69, 9.17) is 4.42 Å². The highest BCUT2D eigenvalue weighted by Crippen LogP contribution is 2.26. The highest BCUT2D eigenvalue weighted by Gasteiger charge is 2.24. The van der Waals surface area contributed by atoms with Gasteiger partial charge in [-0.1, -0.05) is 24.3 Å². The van der Waals surface area contributed by atoms with E-state index in [2.05, 4.69) is 25.6 Å². The molecule has 1 aliphatic rings. The van der Waals surface area contributed by atoms with E-state index in [0.717, 1.165) is 47.7 Å². The zero-order chi connectivity index (χ0) is 19.8. The van der Waals surface area contributed by atoms with Crippen molar-refractivity contribution in [1.29, 1.82) is 0 Å². The van der Waals surface area contributed by atoms with Crippen molar-refractivity contribution in [2.45, 2.75) is 32.2 Å². The summed E-state index contributed by atoms with van der Waals surface area (Å²) in [6.07, 6.45) is 5.75. The largest absolute Gasteiger partial charge is 0.417 e. The number of aromatic nitrogens is 5. The van der Waals surface area contributed by atoms with Crippen LogP contribution in [0.2, 0.25) is 0 Å². The van der Waals surface area contributed by atoms with Gasteiger partial charge in [0.1, 0.15) is 11.4 Å². The Morgan fingerprint density at radius 2 is 2.03 bits per heavy atom. The zero-order valence-electron chi connectivity index (χ0n) is 16.1. The molecule has 0 saturated carbocycles. The van der Waals surface area contributed by atoms with E-state index < -0.39 is 0 Å². The van der Waals surface area contributed by atoms with Gasteiger partial charge in [0.25, 0.3) is 11.8 Å². The summed E-state index contributed by atoms with van der Waals surface area (Å²) in [6, 6.07) is 9.82. The molecule has 3 heterocycles. The molecule has 0 radical (unpaired) electrons. The van der Waals surface area contributed by atoms with E-state index in [9.17, 15) is 4.79 Å². The van der Waals surface area contributed by atoms with Crippen LogP contribution in [0.15, 0.2) is 40.9 Å². The third-order valence-corrected chi connectivity index (χ3v) is 5.28. The van der Waals surface area contributed by atoms with Crippen LogP contribution in [0.1, 0.15) is 40.5 Å². The van der Waals surface area contributed by atoms with Gasteiger partial charge in [-0.15, -0.1) is 10.2 Å². The summed E-state index contributed by atoms with van der Waals surface area (Å²) in [6.45, 7) is 0.149. The second kappa shape index (κ2) is 7.12. The lowest BCUT2D eigenvalue weighted by molar-refractivity contribution is 0.0937. The average Bonchev–Trinajstić information content (AvgIpc) is 3.35. The van der Waals surface area contributed by atoms with Crippen LogP contribution < -0.4 is 5.32 Å². The first-order valence-electron chi connectivity index (χ1n) is 9.70. The Balaban J connectivity index is 1.35. The minimum Gasteiger partial charge on any atom is -0.417 e. The minimum absolute atomic E-state index is 0.149. The van der Waals surface area contributed by atoms with E-state index in [1.807, 2.05) is 37.4 Å². The van der Waals surface area contributed by atoms with Gasteiger partial charge in [0.2, 0.25) is 5.89 Å². The van der Waals surface area contributed by atoms with Crippen molar-refractivity contribution in [3.05, 3.63) is 59.4 Å². The van der Waals surface area contributed by atoms with Crippen LogP contribution in [0.5, 0.6) is 0 Å². The molecule has 8 nitrogen and oxygen atoms in total. The molecule has 0 fully saturated rings. The first kappa shape index (κ1) is 17.5. The summed E-state index contributed by atoms with van der Waals surface area (Å²) >= 11 is 0. The van der Waals surface area contributed by atoms with Crippen LogP contribution in [-0.4, -0.2) is 30.9 Å². The van der Waals surface area contributed by atoms with Crippen molar-refractivity contribution in [2.75, 3.05) is 0 Å². The number of hydrogen-bond acceptors (Lipinski definition) is 6. The molecule has 4 aromatic rings. The highest BCUT2D eigenvalue weighted by atomic mass is 16.4. The van der Waals surface area contributed by atoms with Crippen molar-refractivity contribution in [1.82, 2.24) is 30.3 Å². The van der Waals surface area contributed by atoms with Gasteiger partial charge in [-0.25, -0.2) is 0 Å². The Kier molecular flexibility index (Phi) is 4.31. The van der Waals surface area contributed by atoms with Crippen molar-refractivity contribution >= 4 is 16.7 Å². The molecule has 1 aromatic carbocycles. The predicted molar refractivity (Wildman–Crippen MR) is 106 cm³/mol. The Bertz CT molecular complexity index is 1200. The van der Waals surface area contributed by atoms with Crippen LogP contribution in [0.3, 0.4) is 0 Å². The standard InChI is InChI=1S/C21H20N6O2/c1-27-19(15-8-4-5-9-16(15)26-27)20(28)23-12-17-24-25-21(29-17)18-14-7-3-2-6-13(14)10-11-22-18/h2-3,6-7,10-11H,4-5,8-9,12H2,1H3,(H,23,28). The van der Waals surface area contributed by atoms with Gasteiger partial charge in [0.05, 0.1) is 12.2 Å². The summed E-state index contributed by atoms with van der Waals surface area (Å²) in [5, 5.41) is 17.5. The molecular weight excluding hydrogens is 368 g/mol. The molecule has 0 unspecified atom stereocenters. The summed E-state index contributed by atoms with van der Waals surface area (Å²) in [5.74, 6) is 0.495. The predicted octanol–water partition coefficient (Wildman–Crippen LogP) is 2.83. The topological polar surface area (TPSA) is 98.7 Å². The van der Waals surface area contributed by atoms with Crippen molar-refractivity contribution in [2.24, 2.45) is 7.05 Å². The summed E-state index contributed by atoms with van der Waals surface area (Å²) < 4.78 is 7.44. The minimum atomic E-state index is -0.175. The molecule has 0 atom stereocenters. The number of rotatable bonds is 4. The second-order valence-electron chi connectivity index (χ2n) is 7.17. The average molecular weight is 388 g/mol. The van der Waals surface area contributed by atoms with Gasteiger partial charge >= 0.3 is 0 Å². The number of pyridine rings is 1. The number of fused-ring (bicyclic) bond motifs is 2. The van der Waals surface area contributed by atoms with Crippen LogP contribution in [0, 0.1) is 0 Å². The Morgan fingerprint density at radius 3 is 2.97 bits per heavy atom. The Labute approximate surface area is 167 Å². The fraction of sp³-hybridized carbons (Fsp3) is 0.286. The van der Waals surface area contributed by atoms with Crippen molar-refractivity contribution in [3.8, 4) is 11.6 Å². The molecule has 1 aliphatic carbocycles. The number of hydrogen-bond donors (Lipinski definition) is 1. The molecule has 0 saturated heterocycles. The first-order chi connectivity index (χ1) is 14.2. The van der Waals surface area contributed by atoms with E-state index in [-0.39, 0.29) is 12.5 Å². The van der Waals surface area contributed by atoms with Crippen LogP contribution in [0.25, 0.3) is 22.4 Å². The smallest absolute Gasteiger partial charge is 0.270 e. The van der Waals surface area contributed by atoms with Gasteiger partial charge in [-0.3, -0.25) is 14.5 Å². The lowest BCUT2D eigenvalue weighted by Crippen LogP contribution is -2.26. The van der Waals surface area contributed by atoms with Gasteiger partial charge in [-0.2, -0.15) is 5.10 Å². The molecule has 5 rings (SSSR count). The van der Waals surface area contributed by atoms with Gasteiger partial charge in [0.15, 0.2) is 0 Å². The Morgan fingerprint density at radius 1 is 1.17 bits per heavy atom. The summed E-state index contributed by atoms with van der Waals surface area (Å²) in [5.41, 5.74) is 3.34. The molecule has 3 aromatic heterocycles. The van der Waals surface area contributed by atoms with Crippen molar-refractivity contribution in [3.63, 3.8) is 0 Å².